The molecule has 1 atom stereocenters. The van der Waals surface area contributed by atoms with Crippen LogP contribution in [0.5, 0.6) is 0 Å². The summed E-state index contributed by atoms with van der Waals surface area (Å²) in [6.07, 6.45) is 6.53. The van der Waals surface area contributed by atoms with Crippen LogP contribution >= 0.6 is 22.8 Å². The molecule has 0 aromatic carbocycles. The third-order valence-corrected chi connectivity index (χ3v) is 6.42. The molecule has 0 bridgehead atoms. The van der Waals surface area contributed by atoms with Crippen molar-refractivity contribution in [1.82, 2.24) is 0 Å². The van der Waals surface area contributed by atoms with Crippen LogP contribution in [0.1, 0.15) is 6.92 Å². The average molecular weight is 229 g/mol. The van der Waals surface area contributed by atoms with E-state index in [1.165, 1.54) is 15.7 Å². The maximum Gasteiger partial charge on any atom is 0.178 e. The van der Waals surface area contributed by atoms with Gasteiger partial charge in [-0.1, -0.05) is 25.2 Å². The molecule has 0 aromatic rings. The number of thioether (sulfide) groups is 1. The first-order valence-corrected chi connectivity index (χ1v) is 9.38. The molecule has 1 unspecified atom stereocenters. The summed E-state index contributed by atoms with van der Waals surface area (Å²) in [5.74, 6) is 0. The van der Waals surface area contributed by atoms with Gasteiger partial charge in [-0.25, -0.2) is 0 Å². The quantitative estimate of drug-likeness (QED) is 0.485. The maximum absolute atomic E-state index is 6.51. The van der Waals surface area contributed by atoms with Crippen LogP contribution in [0.3, 0.4) is 0 Å². The van der Waals surface area contributed by atoms with Crippen LogP contribution in [0, 0.1) is 0 Å². The summed E-state index contributed by atoms with van der Waals surface area (Å²) in [6.45, 7) is 6.68. The number of halogens is 1. The number of rotatable bonds is 1. The SMILES string of the molecule is CC1SC2=CC=CC2=C1[Si](C)(C)Cl. The van der Waals surface area contributed by atoms with Gasteiger partial charge in [-0.2, -0.15) is 11.1 Å². The Labute approximate surface area is 89.5 Å². The van der Waals surface area contributed by atoms with E-state index in [0.717, 1.165) is 0 Å². The molecule has 0 N–H and O–H groups in total. The van der Waals surface area contributed by atoms with Crippen molar-refractivity contribution in [3.8, 4) is 0 Å². The van der Waals surface area contributed by atoms with Crippen molar-refractivity contribution in [1.29, 1.82) is 0 Å². The van der Waals surface area contributed by atoms with Crippen LogP contribution in [-0.2, 0) is 0 Å². The van der Waals surface area contributed by atoms with E-state index in [9.17, 15) is 0 Å². The van der Waals surface area contributed by atoms with Gasteiger partial charge in [-0.05, 0) is 23.8 Å². The highest BCUT2D eigenvalue weighted by molar-refractivity contribution is 8.04. The van der Waals surface area contributed by atoms with E-state index in [1.54, 1.807) is 0 Å². The van der Waals surface area contributed by atoms with Gasteiger partial charge >= 0.3 is 0 Å². The van der Waals surface area contributed by atoms with Crippen molar-refractivity contribution in [3.63, 3.8) is 0 Å². The Hall–Kier alpha value is 0.0769. The predicted octanol–water partition coefficient (Wildman–Crippen LogP) is 3.86. The monoisotopic (exact) mass is 228 g/mol. The van der Waals surface area contributed by atoms with Crippen molar-refractivity contribution < 1.29 is 0 Å². The lowest BCUT2D eigenvalue weighted by Gasteiger charge is -2.19. The standard InChI is InChI=1S/C10H13ClSSi/c1-7-10(13(2,3)11)8-5-4-6-9(8)12-7/h4-7H,1-3H3. The zero-order chi connectivity index (χ0) is 9.64. The molecule has 1 heterocycles. The van der Waals surface area contributed by atoms with E-state index in [1.807, 2.05) is 11.8 Å². The maximum atomic E-state index is 6.51. The molecule has 0 spiro atoms. The molecular formula is C10H13ClSSi. The lowest BCUT2D eigenvalue weighted by Crippen LogP contribution is -2.26. The summed E-state index contributed by atoms with van der Waals surface area (Å²) in [5, 5.41) is 2.10. The Morgan fingerprint density at radius 1 is 1.46 bits per heavy atom. The van der Waals surface area contributed by atoms with E-state index in [-0.39, 0.29) is 0 Å². The number of hydrogen-bond donors (Lipinski definition) is 0. The van der Waals surface area contributed by atoms with Gasteiger partial charge in [0.05, 0.1) is 0 Å². The molecule has 0 radical (unpaired) electrons. The molecule has 1 aliphatic heterocycles. The van der Waals surface area contributed by atoms with Gasteiger partial charge in [0, 0.05) is 10.2 Å². The largest absolute Gasteiger partial charge is 0.178 e. The van der Waals surface area contributed by atoms with E-state index in [0.29, 0.717) is 5.25 Å². The summed E-state index contributed by atoms with van der Waals surface area (Å²) in [7, 11) is -1.63. The fourth-order valence-electron chi connectivity index (χ4n) is 2.00. The molecule has 70 valence electrons. The van der Waals surface area contributed by atoms with E-state index < -0.39 is 7.38 Å². The van der Waals surface area contributed by atoms with Crippen molar-refractivity contribution in [2.45, 2.75) is 25.3 Å². The number of hydrogen-bond acceptors (Lipinski definition) is 1. The van der Waals surface area contributed by atoms with Crippen molar-refractivity contribution in [3.05, 3.63) is 33.9 Å². The fraction of sp³-hybridized carbons (Fsp3) is 0.400. The molecular weight excluding hydrogens is 216 g/mol. The highest BCUT2D eigenvalue weighted by atomic mass is 35.6. The summed E-state index contributed by atoms with van der Waals surface area (Å²) in [6, 6.07) is 0. The molecule has 2 aliphatic rings. The van der Waals surface area contributed by atoms with E-state index >= 15 is 0 Å². The molecule has 3 heteroatoms. The van der Waals surface area contributed by atoms with E-state index in [4.69, 9.17) is 11.1 Å². The summed E-state index contributed by atoms with van der Waals surface area (Å²) < 4.78 is 0. The van der Waals surface area contributed by atoms with E-state index in [2.05, 4.69) is 38.2 Å². The molecule has 0 aromatic heterocycles. The topological polar surface area (TPSA) is 0 Å². The minimum atomic E-state index is -1.63. The third kappa shape index (κ3) is 1.56. The van der Waals surface area contributed by atoms with Crippen LogP contribution < -0.4 is 0 Å². The second kappa shape index (κ2) is 3.04. The average Bonchev–Trinajstić information content (AvgIpc) is 2.41. The minimum Gasteiger partial charge on any atom is -0.162 e. The molecule has 0 saturated carbocycles. The van der Waals surface area contributed by atoms with Crippen LogP contribution in [-0.4, -0.2) is 12.6 Å². The molecule has 0 fully saturated rings. The minimum absolute atomic E-state index is 0.588. The molecule has 0 saturated heterocycles. The molecule has 2 rings (SSSR count). The van der Waals surface area contributed by atoms with Gasteiger partial charge in [-0.3, -0.25) is 0 Å². The first-order chi connectivity index (χ1) is 6.00. The molecule has 13 heavy (non-hydrogen) atoms. The summed E-state index contributed by atoms with van der Waals surface area (Å²) >= 11 is 8.45. The Kier molecular flexibility index (Phi) is 2.25. The molecule has 0 nitrogen and oxygen atoms in total. The Balaban J connectivity index is 2.50. The first-order valence-electron chi connectivity index (χ1n) is 4.49. The highest BCUT2D eigenvalue weighted by Gasteiger charge is 2.36. The summed E-state index contributed by atoms with van der Waals surface area (Å²) in [5.41, 5.74) is 1.42. The first kappa shape index (κ1) is 9.63. The summed E-state index contributed by atoms with van der Waals surface area (Å²) in [4.78, 5) is 1.42. The van der Waals surface area contributed by atoms with Crippen LogP contribution in [0.4, 0.5) is 0 Å². The van der Waals surface area contributed by atoms with Gasteiger partial charge in [-0.15, -0.1) is 11.8 Å². The normalized spacial score (nSPS) is 26.8. The van der Waals surface area contributed by atoms with Crippen LogP contribution in [0.25, 0.3) is 0 Å². The van der Waals surface area contributed by atoms with Gasteiger partial charge in [0.1, 0.15) is 0 Å². The molecule has 1 aliphatic carbocycles. The van der Waals surface area contributed by atoms with Gasteiger partial charge < -0.3 is 0 Å². The third-order valence-electron chi connectivity index (χ3n) is 2.42. The van der Waals surface area contributed by atoms with Gasteiger partial charge in [0.2, 0.25) is 0 Å². The predicted molar refractivity (Wildman–Crippen MR) is 64.6 cm³/mol. The van der Waals surface area contributed by atoms with Gasteiger partial charge in [0.15, 0.2) is 7.38 Å². The second-order valence-electron chi connectivity index (χ2n) is 3.95. The van der Waals surface area contributed by atoms with Crippen molar-refractivity contribution in [2.75, 3.05) is 0 Å². The van der Waals surface area contributed by atoms with Gasteiger partial charge in [0.25, 0.3) is 0 Å². The van der Waals surface area contributed by atoms with Crippen molar-refractivity contribution >= 4 is 30.2 Å². The second-order valence-corrected chi connectivity index (χ2v) is 11.7. The van der Waals surface area contributed by atoms with Crippen LogP contribution in [0.2, 0.25) is 13.1 Å². The molecule has 0 amide bonds. The smallest absolute Gasteiger partial charge is 0.162 e. The van der Waals surface area contributed by atoms with Crippen molar-refractivity contribution in [2.24, 2.45) is 0 Å². The zero-order valence-electron chi connectivity index (χ0n) is 8.10. The Morgan fingerprint density at radius 2 is 2.15 bits per heavy atom. The zero-order valence-corrected chi connectivity index (χ0v) is 10.7. The Morgan fingerprint density at radius 3 is 2.77 bits per heavy atom. The van der Waals surface area contributed by atoms with Crippen LogP contribution in [0.15, 0.2) is 33.9 Å². The fourth-order valence-corrected chi connectivity index (χ4v) is 7.06. The number of fused-ring (bicyclic) bond motifs is 1. The lowest BCUT2D eigenvalue weighted by molar-refractivity contribution is 1.21. The highest BCUT2D eigenvalue weighted by Crippen LogP contribution is 2.48. The Bertz CT molecular complexity index is 333. The number of allylic oxidation sites excluding steroid dienone is 4. The lowest BCUT2D eigenvalue weighted by atomic mass is 10.2.